The summed E-state index contributed by atoms with van der Waals surface area (Å²) in [7, 11) is 0. The molecule has 36 heavy (non-hydrogen) atoms. The summed E-state index contributed by atoms with van der Waals surface area (Å²) in [5, 5.41) is 0. The van der Waals surface area contributed by atoms with Crippen LogP contribution in [0.1, 0.15) is 68.9 Å². The van der Waals surface area contributed by atoms with Crippen molar-refractivity contribution in [1.29, 1.82) is 0 Å². The fraction of sp³-hybridized carbons (Fsp3) is 0.419. The Labute approximate surface area is 212 Å². The summed E-state index contributed by atoms with van der Waals surface area (Å²) in [6, 6.07) is 15.6. The van der Waals surface area contributed by atoms with Gasteiger partial charge in [-0.3, -0.25) is 0 Å². The second-order valence-electron chi connectivity index (χ2n) is 9.87. The Morgan fingerprint density at radius 1 is 0.806 bits per heavy atom. The van der Waals surface area contributed by atoms with Gasteiger partial charge in [0.2, 0.25) is 0 Å². The average molecular weight is 497 g/mol. The number of rotatable bonds is 10. The van der Waals surface area contributed by atoms with Gasteiger partial charge in [0.25, 0.3) is 0 Å². The molecule has 1 aliphatic rings. The Bertz CT molecular complexity index is 1140. The molecule has 1 fully saturated rings. The maximum absolute atomic E-state index is 15.0. The molecule has 192 valence electrons. The molecule has 0 spiro atoms. The maximum Gasteiger partial charge on any atom is 0.168 e. The lowest BCUT2D eigenvalue weighted by Crippen LogP contribution is -2.20. The summed E-state index contributed by atoms with van der Waals surface area (Å²) in [5.74, 6) is -0.906. The van der Waals surface area contributed by atoms with Crippen molar-refractivity contribution in [1.82, 2.24) is 0 Å². The first-order valence-electron chi connectivity index (χ1n) is 13.1. The topological polar surface area (TPSA) is 18.5 Å². The van der Waals surface area contributed by atoms with E-state index in [1.165, 1.54) is 6.07 Å². The van der Waals surface area contributed by atoms with Gasteiger partial charge in [-0.05, 0) is 74.1 Å². The van der Waals surface area contributed by atoms with E-state index in [0.717, 1.165) is 50.5 Å². The Hall–Kier alpha value is -2.95. The first-order chi connectivity index (χ1) is 17.5. The van der Waals surface area contributed by atoms with Crippen molar-refractivity contribution in [3.05, 3.63) is 83.2 Å². The van der Waals surface area contributed by atoms with Crippen LogP contribution in [0.4, 0.5) is 13.2 Å². The van der Waals surface area contributed by atoms with Crippen molar-refractivity contribution in [2.45, 2.75) is 64.7 Å². The summed E-state index contributed by atoms with van der Waals surface area (Å²) >= 11 is 0. The van der Waals surface area contributed by atoms with Crippen LogP contribution in [0.15, 0.2) is 54.6 Å². The average Bonchev–Trinajstić information content (AvgIpc) is 2.89. The second-order valence-corrected chi connectivity index (χ2v) is 9.87. The second kappa shape index (κ2) is 12.3. The highest BCUT2D eigenvalue weighted by atomic mass is 19.2. The van der Waals surface area contributed by atoms with Crippen LogP contribution in [0.2, 0.25) is 0 Å². The number of benzene rings is 3. The van der Waals surface area contributed by atoms with Gasteiger partial charge in [0.05, 0.1) is 13.2 Å². The molecule has 1 saturated carbocycles. The van der Waals surface area contributed by atoms with Gasteiger partial charge >= 0.3 is 0 Å². The van der Waals surface area contributed by atoms with E-state index in [1.54, 1.807) is 24.3 Å². The molecule has 5 heteroatoms. The van der Waals surface area contributed by atoms with Crippen LogP contribution in [0, 0.1) is 30.3 Å². The predicted octanol–water partition coefficient (Wildman–Crippen LogP) is 9.00. The van der Waals surface area contributed by atoms with Crippen molar-refractivity contribution in [2.24, 2.45) is 5.92 Å². The normalized spacial score (nSPS) is 17.7. The summed E-state index contributed by atoms with van der Waals surface area (Å²) < 4.78 is 55.6. The summed E-state index contributed by atoms with van der Waals surface area (Å²) in [4.78, 5) is 0. The highest BCUT2D eigenvalue weighted by molar-refractivity contribution is 5.65. The van der Waals surface area contributed by atoms with Gasteiger partial charge in [0, 0.05) is 11.6 Å². The molecule has 0 amide bonds. The van der Waals surface area contributed by atoms with Crippen LogP contribution in [0.5, 0.6) is 11.5 Å². The lowest BCUT2D eigenvalue weighted by molar-refractivity contribution is 0.198. The molecule has 0 unspecified atom stereocenters. The van der Waals surface area contributed by atoms with Crippen LogP contribution in [0.3, 0.4) is 0 Å². The quantitative estimate of drug-likeness (QED) is 0.261. The van der Waals surface area contributed by atoms with E-state index in [0.29, 0.717) is 41.6 Å². The van der Waals surface area contributed by atoms with Crippen LogP contribution in [0.25, 0.3) is 11.1 Å². The third-order valence-electron chi connectivity index (χ3n) is 7.16. The van der Waals surface area contributed by atoms with E-state index in [4.69, 9.17) is 9.47 Å². The first-order valence-corrected chi connectivity index (χ1v) is 13.1. The molecule has 0 heterocycles. The fourth-order valence-electron chi connectivity index (χ4n) is 4.91. The van der Waals surface area contributed by atoms with Gasteiger partial charge in [-0.25, -0.2) is 13.2 Å². The van der Waals surface area contributed by atoms with Crippen LogP contribution in [-0.4, -0.2) is 13.2 Å². The summed E-state index contributed by atoms with van der Waals surface area (Å²) in [6.07, 6.45) is 6.31. The number of hydrogen-bond donors (Lipinski definition) is 0. The van der Waals surface area contributed by atoms with Gasteiger partial charge in [0.15, 0.2) is 23.2 Å². The third kappa shape index (κ3) is 6.43. The Morgan fingerprint density at radius 2 is 1.56 bits per heavy atom. The monoisotopic (exact) mass is 496 g/mol. The SMILES string of the molecule is CCCCCOc1ccc(OCC2CCC(c3ccc(-c4ccc(C)cc4)c(F)c3F)CC2)cc1F. The van der Waals surface area contributed by atoms with Crippen LogP contribution in [-0.2, 0) is 0 Å². The van der Waals surface area contributed by atoms with Crippen molar-refractivity contribution in [3.63, 3.8) is 0 Å². The molecule has 0 saturated heterocycles. The molecule has 1 aliphatic carbocycles. The zero-order valence-electron chi connectivity index (χ0n) is 21.2. The molecule has 4 rings (SSSR count). The largest absolute Gasteiger partial charge is 0.493 e. The summed E-state index contributed by atoms with van der Waals surface area (Å²) in [6.45, 7) is 5.06. The lowest BCUT2D eigenvalue weighted by atomic mass is 9.78. The molecular formula is C31H35F3O2. The molecule has 0 N–H and O–H groups in total. The zero-order valence-corrected chi connectivity index (χ0v) is 21.2. The zero-order chi connectivity index (χ0) is 25.5. The van der Waals surface area contributed by atoms with E-state index in [1.807, 2.05) is 31.2 Å². The molecule has 0 radical (unpaired) electrons. The highest BCUT2D eigenvalue weighted by Gasteiger charge is 2.27. The van der Waals surface area contributed by atoms with Crippen LogP contribution >= 0.6 is 0 Å². The Kier molecular flexibility index (Phi) is 8.95. The molecular weight excluding hydrogens is 461 g/mol. The minimum atomic E-state index is -0.776. The van der Waals surface area contributed by atoms with Crippen molar-refractivity contribution in [3.8, 4) is 22.6 Å². The van der Waals surface area contributed by atoms with Gasteiger partial charge in [-0.15, -0.1) is 0 Å². The summed E-state index contributed by atoms with van der Waals surface area (Å²) in [5.41, 5.74) is 2.50. The van der Waals surface area contributed by atoms with Gasteiger partial charge in [0.1, 0.15) is 5.75 Å². The predicted molar refractivity (Wildman–Crippen MR) is 138 cm³/mol. The number of ether oxygens (including phenoxy) is 2. The van der Waals surface area contributed by atoms with E-state index in [9.17, 15) is 8.78 Å². The number of aryl methyl sites for hydroxylation is 1. The minimum absolute atomic E-state index is 0.00981. The molecule has 0 bridgehead atoms. The smallest absolute Gasteiger partial charge is 0.168 e. The fourth-order valence-corrected chi connectivity index (χ4v) is 4.91. The van der Waals surface area contributed by atoms with Crippen molar-refractivity contribution in [2.75, 3.05) is 13.2 Å². The van der Waals surface area contributed by atoms with Gasteiger partial charge in [-0.2, -0.15) is 0 Å². The standard InChI is InChI=1S/C31H35F3O2/c1-3-4-5-18-35-29-17-14-25(19-28(29)32)36-20-22-8-12-24(13-9-22)27-16-15-26(30(33)31(27)34)23-10-6-21(2)7-11-23/h6-7,10-11,14-17,19,22,24H,3-5,8-9,12-13,18,20H2,1-2H3. The van der Waals surface area contributed by atoms with Gasteiger partial charge < -0.3 is 9.47 Å². The molecule has 0 atom stereocenters. The number of hydrogen-bond acceptors (Lipinski definition) is 2. The van der Waals surface area contributed by atoms with Crippen molar-refractivity contribution < 1.29 is 22.6 Å². The maximum atomic E-state index is 15.0. The molecule has 3 aromatic carbocycles. The number of halogens is 3. The first kappa shape index (κ1) is 26.1. The highest BCUT2D eigenvalue weighted by Crippen LogP contribution is 2.39. The van der Waals surface area contributed by atoms with Gasteiger partial charge in [-0.1, -0.05) is 61.7 Å². The van der Waals surface area contributed by atoms with E-state index >= 15 is 4.39 Å². The van der Waals surface area contributed by atoms with Crippen LogP contribution < -0.4 is 9.47 Å². The van der Waals surface area contributed by atoms with E-state index in [2.05, 4.69) is 6.92 Å². The van der Waals surface area contributed by atoms with Crippen molar-refractivity contribution >= 4 is 0 Å². The molecule has 3 aromatic rings. The number of unbranched alkanes of at least 4 members (excludes halogenated alkanes) is 2. The van der Waals surface area contributed by atoms with E-state index < -0.39 is 17.5 Å². The minimum Gasteiger partial charge on any atom is -0.493 e. The lowest BCUT2D eigenvalue weighted by Gasteiger charge is -2.29. The molecule has 2 nitrogen and oxygen atoms in total. The van der Waals surface area contributed by atoms with E-state index in [-0.39, 0.29) is 11.7 Å². The Morgan fingerprint density at radius 3 is 2.25 bits per heavy atom. The Balaban J connectivity index is 1.29. The third-order valence-corrected chi connectivity index (χ3v) is 7.16. The molecule has 0 aromatic heterocycles. The molecule has 0 aliphatic heterocycles.